The minimum atomic E-state index is -0.250. The monoisotopic (exact) mass is 243 g/mol. The molecule has 3 rings (SSSR count). The minimum absolute atomic E-state index is 0.250. The molecule has 2 heterocycles. The van der Waals surface area contributed by atoms with Crippen molar-refractivity contribution in [3.63, 3.8) is 0 Å². The fraction of sp³-hybridized carbons (Fsp3) is 0.0833. The second kappa shape index (κ2) is 4.06. The molecule has 0 atom stereocenters. The minimum Gasteiger partial charge on any atom is -0.384 e. The third-order valence-electron chi connectivity index (χ3n) is 2.71. The van der Waals surface area contributed by atoms with Crippen LogP contribution in [0.3, 0.4) is 0 Å². The quantitative estimate of drug-likeness (QED) is 0.717. The molecule has 2 aromatic heterocycles. The molecule has 0 aliphatic heterocycles. The molecule has 0 bridgehead atoms. The summed E-state index contributed by atoms with van der Waals surface area (Å²) in [6, 6.07) is 8.09. The van der Waals surface area contributed by atoms with Crippen LogP contribution >= 0.6 is 0 Å². The predicted octanol–water partition coefficient (Wildman–Crippen LogP) is 1.66. The number of aromatic amines is 1. The number of aromatic nitrogens is 4. The lowest BCUT2D eigenvalue weighted by Crippen LogP contribution is -1.96. The first-order valence-corrected chi connectivity index (χ1v) is 5.43. The average Bonchev–Trinajstić information content (AvgIpc) is 2.80. The van der Waals surface area contributed by atoms with Gasteiger partial charge in [0.05, 0.1) is 0 Å². The van der Waals surface area contributed by atoms with Crippen molar-refractivity contribution in [2.24, 2.45) is 0 Å². The molecular formula is C12H10FN5. The highest BCUT2D eigenvalue weighted by Crippen LogP contribution is 2.19. The van der Waals surface area contributed by atoms with E-state index < -0.39 is 0 Å². The molecular weight excluding hydrogens is 233 g/mol. The van der Waals surface area contributed by atoms with Crippen molar-refractivity contribution in [2.75, 3.05) is 5.73 Å². The van der Waals surface area contributed by atoms with Crippen molar-refractivity contribution >= 4 is 17.0 Å². The summed E-state index contributed by atoms with van der Waals surface area (Å²) in [4.78, 5) is 4.09. The second-order valence-corrected chi connectivity index (χ2v) is 4.02. The molecule has 3 aromatic rings. The zero-order chi connectivity index (χ0) is 12.5. The van der Waals surface area contributed by atoms with Gasteiger partial charge in [0.15, 0.2) is 5.65 Å². The molecule has 0 aliphatic rings. The summed E-state index contributed by atoms with van der Waals surface area (Å²) in [5.74, 6) is 0.158. The van der Waals surface area contributed by atoms with Gasteiger partial charge in [0.25, 0.3) is 0 Å². The van der Waals surface area contributed by atoms with E-state index in [9.17, 15) is 4.39 Å². The summed E-state index contributed by atoms with van der Waals surface area (Å²) in [7, 11) is 0. The van der Waals surface area contributed by atoms with Gasteiger partial charge in [0, 0.05) is 0 Å². The van der Waals surface area contributed by atoms with Crippen LogP contribution in [0.4, 0.5) is 10.2 Å². The Morgan fingerprint density at radius 3 is 2.78 bits per heavy atom. The number of halogens is 1. The van der Waals surface area contributed by atoms with Gasteiger partial charge in [-0.3, -0.25) is 0 Å². The van der Waals surface area contributed by atoms with Gasteiger partial charge in [0.2, 0.25) is 0 Å². The first kappa shape index (κ1) is 10.6. The Labute approximate surface area is 102 Å². The lowest BCUT2D eigenvalue weighted by molar-refractivity contribution is 0.627. The maximum absolute atomic E-state index is 12.8. The molecule has 1 aromatic carbocycles. The van der Waals surface area contributed by atoms with E-state index in [4.69, 9.17) is 5.73 Å². The average molecular weight is 243 g/mol. The number of fused-ring (bicyclic) bond motifs is 1. The van der Waals surface area contributed by atoms with Gasteiger partial charge in [-0.25, -0.2) is 14.5 Å². The molecule has 0 aliphatic carbocycles. The summed E-state index contributed by atoms with van der Waals surface area (Å²) in [6.07, 6.45) is 0.607. The Morgan fingerprint density at radius 1 is 1.22 bits per heavy atom. The van der Waals surface area contributed by atoms with Crippen LogP contribution in [-0.4, -0.2) is 20.4 Å². The number of rotatable bonds is 2. The van der Waals surface area contributed by atoms with Crippen molar-refractivity contribution in [3.8, 4) is 0 Å². The zero-order valence-corrected chi connectivity index (χ0v) is 9.39. The van der Waals surface area contributed by atoms with E-state index in [1.165, 1.54) is 12.1 Å². The van der Waals surface area contributed by atoms with Gasteiger partial charge in [0.1, 0.15) is 17.2 Å². The van der Waals surface area contributed by atoms with Crippen LogP contribution in [0.2, 0.25) is 0 Å². The van der Waals surface area contributed by atoms with Gasteiger partial charge >= 0.3 is 0 Å². The number of pyridine rings is 1. The molecule has 90 valence electrons. The van der Waals surface area contributed by atoms with Gasteiger partial charge in [-0.15, -0.1) is 5.10 Å². The van der Waals surface area contributed by atoms with Crippen molar-refractivity contribution in [1.82, 2.24) is 20.4 Å². The Bertz CT molecular complexity index is 689. The Kier molecular flexibility index (Phi) is 2.40. The van der Waals surface area contributed by atoms with Crippen LogP contribution in [-0.2, 0) is 6.42 Å². The fourth-order valence-corrected chi connectivity index (χ4v) is 1.88. The lowest BCUT2D eigenvalue weighted by atomic mass is 10.0. The van der Waals surface area contributed by atoms with E-state index in [2.05, 4.69) is 20.4 Å². The van der Waals surface area contributed by atoms with E-state index in [1.54, 1.807) is 18.2 Å². The summed E-state index contributed by atoms with van der Waals surface area (Å²) in [5.41, 5.74) is 8.86. The van der Waals surface area contributed by atoms with E-state index in [-0.39, 0.29) is 5.82 Å². The van der Waals surface area contributed by atoms with Gasteiger partial charge < -0.3 is 5.73 Å². The third-order valence-corrected chi connectivity index (χ3v) is 2.71. The number of nitrogens with one attached hydrogen (secondary N) is 1. The summed E-state index contributed by atoms with van der Waals surface area (Å²) in [5, 5.41) is 10.4. The van der Waals surface area contributed by atoms with Crippen LogP contribution in [0.5, 0.6) is 0 Å². The molecule has 6 heteroatoms. The Morgan fingerprint density at radius 2 is 2.00 bits per heavy atom. The molecule has 0 spiro atoms. The molecule has 0 saturated carbocycles. The summed E-state index contributed by atoms with van der Waals surface area (Å²) >= 11 is 0. The van der Waals surface area contributed by atoms with Crippen LogP contribution in [0.1, 0.15) is 11.1 Å². The topological polar surface area (TPSA) is 80.5 Å². The van der Waals surface area contributed by atoms with E-state index in [0.717, 1.165) is 11.1 Å². The molecule has 0 saturated heterocycles. The largest absolute Gasteiger partial charge is 0.384 e. The summed E-state index contributed by atoms with van der Waals surface area (Å²) < 4.78 is 12.8. The van der Waals surface area contributed by atoms with Crippen molar-refractivity contribution in [1.29, 1.82) is 0 Å². The van der Waals surface area contributed by atoms with Crippen LogP contribution < -0.4 is 5.73 Å². The number of hydrogen-bond donors (Lipinski definition) is 2. The molecule has 5 nitrogen and oxygen atoms in total. The molecule has 0 fully saturated rings. The van der Waals surface area contributed by atoms with Crippen LogP contribution in [0.25, 0.3) is 11.2 Å². The molecule has 18 heavy (non-hydrogen) atoms. The standard InChI is InChI=1S/C12H10FN5/c13-9-3-1-7(2-4-9)5-8-6-10(14)15-12-11(8)16-18-17-12/h1-4,6H,5H2,(H3,14,15,16,17,18). The highest BCUT2D eigenvalue weighted by atomic mass is 19.1. The van der Waals surface area contributed by atoms with Gasteiger partial charge in [-0.2, -0.15) is 0 Å². The number of nitrogens with two attached hydrogens (primary N) is 1. The summed E-state index contributed by atoms with van der Waals surface area (Å²) in [6.45, 7) is 0. The van der Waals surface area contributed by atoms with Gasteiger partial charge in [-0.1, -0.05) is 17.3 Å². The van der Waals surface area contributed by atoms with Gasteiger partial charge in [-0.05, 0) is 35.7 Å². The zero-order valence-electron chi connectivity index (χ0n) is 9.39. The first-order chi connectivity index (χ1) is 8.72. The van der Waals surface area contributed by atoms with E-state index >= 15 is 0 Å². The third kappa shape index (κ3) is 1.88. The fourth-order valence-electron chi connectivity index (χ4n) is 1.88. The van der Waals surface area contributed by atoms with Crippen LogP contribution in [0.15, 0.2) is 30.3 Å². The smallest absolute Gasteiger partial charge is 0.178 e. The number of nitrogens with zero attached hydrogens (tertiary/aromatic N) is 3. The molecule has 0 radical (unpaired) electrons. The number of H-pyrrole nitrogens is 1. The molecule has 0 amide bonds. The van der Waals surface area contributed by atoms with Crippen molar-refractivity contribution in [2.45, 2.75) is 6.42 Å². The predicted molar refractivity (Wildman–Crippen MR) is 65.3 cm³/mol. The molecule has 3 N–H and O–H groups in total. The number of benzene rings is 1. The first-order valence-electron chi connectivity index (χ1n) is 5.43. The normalized spacial score (nSPS) is 10.9. The lowest BCUT2D eigenvalue weighted by Gasteiger charge is -2.03. The number of hydrogen-bond acceptors (Lipinski definition) is 4. The van der Waals surface area contributed by atoms with E-state index in [0.29, 0.717) is 23.4 Å². The molecule has 0 unspecified atom stereocenters. The van der Waals surface area contributed by atoms with Crippen LogP contribution in [0, 0.1) is 5.82 Å². The highest BCUT2D eigenvalue weighted by Gasteiger charge is 2.08. The van der Waals surface area contributed by atoms with Crippen molar-refractivity contribution < 1.29 is 4.39 Å². The van der Waals surface area contributed by atoms with Crippen molar-refractivity contribution in [3.05, 3.63) is 47.3 Å². The number of anilines is 1. The van der Waals surface area contributed by atoms with E-state index in [1.807, 2.05) is 0 Å². The highest BCUT2D eigenvalue weighted by molar-refractivity contribution is 5.76. The second-order valence-electron chi connectivity index (χ2n) is 4.02. The number of nitrogen functional groups attached to an aromatic ring is 1. The Hall–Kier alpha value is -2.50. The maximum Gasteiger partial charge on any atom is 0.178 e. The SMILES string of the molecule is Nc1cc(Cc2ccc(F)cc2)c2nn[nH]c2n1. The Balaban J connectivity index is 2.03. The maximum atomic E-state index is 12.8.